The highest BCUT2D eigenvalue weighted by Gasteiger charge is 2.22. The molecule has 1 aliphatic heterocycles. The number of likely N-dealkylation sites (tertiary alicyclic amines) is 1. The summed E-state index contributed by atoms with van der Waals surface area (Å²) in [6.07, 6.45) is 4.33. The quantitative estimate of drug-likeness (QED) is 0.891. The summed E-state index contributed by atoms with van der Waals surface area (Å²) in [6.45, 7) is 11.0. The van der Waals surface area contributed by atoms with E-state index >= 15 is 0 Å². The maximum absolute atomic E-state index is 5.18. The van der Waals surface area contributed by atoms with Gasteiger partial charge < -0.3 is 9.84 Å². The zero-order chi connectivity index (χ0) is 13.0. The average Bonchev–Trinajstić information content (AvgIpc) is 2.79. The molecule has 18 heavy (non-hydrogen) atoms. The van der Waals surface area contributed by atoms with Crippen LogP contribution in [0.2, 0.25) is 0 Å². The molecule has 1 aromatic rings. The van der Waals surface area contributed by atoms with Crippen molar-refractivity contribution in [3.8, 4) is 0 Å². The van der Waals surface area contributed by atoms with Crippen molar-refractivity contribution < 1.29 is 4.52 Å². The lowest BCUT2D eigenvalue weighted by molar-refractivity contribution is 0.146. The van der Waals surface area contributed by atoms with E-state index in [-0.39, 0.29) is 5.54 Å². The second-order valence-electron chi connectivity index (χ2n) is 6.35. The van der Waals surface area contributed by atoms with Crippen LogP contribution in [0.4, 0.5) is 0 Å². The molecule has 0 amide bonds. The summed E-state index contributed by atoms with van der Waals surface area (Å²) < 4.78 is 5.18. The van der Waals surface area contributed by atoms with Crippen LogP contribution in [0.3, 0.4) is 0 Å². The molecule has 1 fully saturated rings. The Bertz CT molecular complexity index is 342. The van der Waals surface area contributed by atoms with Crippen molar-refractivity contribution in [2.24, 2.45) is 5.92 Å². The van der Waals surface area contributed by atoms with E-state index < -0.39 is 0 Å². The van der Waals surface area contributed by atoms with Crippen LogP contribution >= 0.6 is 0 Å². The molecule has 1 saturated heterocycles. The van der Waals surface area contributed by atoms with Gasteiger partial charge in [0.15, 0.2) is 5.76 Å². The fraction of sp³-hybridized carbons (Fsp3) is 0.786. The normalized spacial score (nSPS) is 22.3. The monoisotopic (exact) mass is 251 g/mol. The van der Waals surface area contributed by atoms with Gasteiger partial charge in [0, 0.05) is 18.2 Å². The highest BCUT2D eigenvalue weighted by Crippen LogP contribution is 2.18. The van der Waals surface area contributed by atoms with Crippen molar-refractivity contribution in [2.45, 2.75) is 45.7 Å². The molecule has 1 aliphatic rings. The van der Waals surface area contributed by atoms with Crippen LogP contribution in [0.5, 0.6) is 0 Å². The van der Waals surface area contributed by atoms with E-state index in [0.29, 0.717) is 0 Å². The summed E-state index contributed by atoms with van der Waals surface area (Å²) in [5, 5.41) is 7.37. The fourth-order valence-electron chi connectivity index (χ4n) is 2.46. The van der Waals surface area contributed by atoms with Crippen molar-refractivity contribution in [1.82, 2.24) is 15.4 Å². The molecule has 1 unspecified atom stereocenters. The van der Waals surface area contributed by atoms with Crippen molar-refractivity contribution in [1.29, 1.82) is 0 Å². The third kappa shape index (κ3) is 4.42. The number of piperidine rings is 1. The zero-order valence-corrected chi connectivity index (χ0v) is 11.8. The first kappa shape index (κ1) is 13.6. The first-order valence-corrected chi connectivity index (χ1v) is 6.90. The van der Waals surface area contributed by atoms with Gasteiger partial charge in [0.25, 0.3) is 0 Å². The minimum Gasteiger partial charge on any atom is -0.360 e. The lowest BCUT2D eigenvalue weighted by atomic mass is 9.96. The molecular formula is C14H25N3O. The number of aromatic nitrogens is 1. The standard InChI is InChI=1S/C14H25N3O/c1-14(2,3)15-9-12-5-4-8-17(10-12)11-13-6-7-16-18-13/h6-7,12,15H,4-5,8-11H2,1-3H3. The van der Waals surface area contributed by atoms with Gasteiger partial charge in [-0.3, -0.25) is 4.90 Å². The van der Waals surface area contributed by atoms with Gasteiger partial charge in [-0.1, -0.05) is 5.16 Å². The minimum absolute atomic E-state index is 0.215. The Morgan fingerprint density at radius 3 is 3.00 bits per heavy atom. The Labute approximate surface area is 110 Å². The fourth-order valence-corrected chi connectivity index (χ4v) is 2.46. The Balaban J connectivity index is 1.77. The summed E-state index contributed by atoms with van der Waals surface area (Å²) in [5.41, 5.74) is 0.215. The lowest BCUT2D eigenvalue weighted by Gasteiger charge is -2.34. The van der Waals surface area contributed by atoms with Crippen LogP contribution in [0.1, 0.15) is 39.4 Å². The van der Waals surface area contributed by atoms with Crippen LogP contribution in [0.15, 0.2) is 16.8 Å². The number of nitrogens with zero attached hydrogens (tertiary/aromatic N) is 2. The van der Waals surface area contributed by atoms with Crippen molar-refractivity contribution in [3.05, 3.63) is 18.0 Å². The highest BCUT2D eigenvalue weighted by molar-refractivity contribution is 4.93. The summed E-state index contributed by atoms with van der Waals surface area (Å²) in [5.74, 6) is 1.72. The molecule has 4 heteroatoms. The van der Waals surface area contributed by atoms with E-state index in [9.17, 15) is 0 Å². The van der Waals surface area contributed by atoms with Gasteiger partial charge in [-0.2, -0.15) is 0 Å². The van der Waals surface area contributed by atoms with E-state index in [1.165, 1.54) is 19.4 Å². The molecule has 4 nitrogen and oxygen atoms in total. The van der Waals surface area contributed by atoms with E-state index in [0.717, 1.165) is 31.3 Å². The first-order valence-electron chi connectivity index (χ1n) is 6.90. The molecule has 1 N–H and O–H groups in total. The first-order chi connectivity index (χ1) is 8.53. The zero-order valence-electron chi connectivity index (χ0n) is 11.8. The van der Waals surface area contributed by atoms with Crippen molar-refractivity contribution in [2.75, 3.05) is 19.6 Å². The van der Waals surface area contributed by atoms with Crippen molar-refractivity contribution >= 4 is 0 Å². The largest absolute Gasteiger partial charge is 0.360 e. The summed E-state index contributed by atoms with van der Waals surface area (Å²) in [6, 6.07) is 1.96. The average molecular weight is 251 g/mol. The Hall–Kier alpha value is -0.870. The molecule has 0 spiro atoms. The van der Waals surface area contributed by atoms with Crippen LogP contribution in [0, 0.1) is 5.92 Å². The van der Waals surface area contributed by atoms with E-state index in [2.05, 4.69) is 36.1 Å². The lowest BCUT2D eigenvalue weighted by Crippen LogP contribution is -2.44. The molecular weight excluding hydrogens is 226 g/mol. The van der Waals surface area contributed by atoms with Crippen molar-refractivity contribution in [3.63, 3.8) is 0 Å². The summed E-state index contributed by atoms with van der Waals surface area (Å²) in [4.78, 5) is 2.47. The number of hydrogen-bond donors (Lipinski definition) is 1. The Kier molecular flexibility index (Phi) is 4.40. The van der Waals surface area contributed by atoms with E-state index in [4.69, 9.17) is 4.52 Å². The second kappa shape index (κ2) is 5.85. The van der Waals surface area contributed by atoms with Crippen LogP contribution in [0.25, 0.3) is 0 Å². The van der Waals surface area contributed by atoms with Crippen LogP contribution in [-0.4, -0.2) is 35.2 Å². The SMILES string of the molecule is CC(C)(C)NCC1CCCN(Cc2ccno2)C1. The highest BCUT2D eigenvalue weighted by atomic mass is 16.5. The Morgan fingerprint density at radius 1 is 1.50 bits per heavy atom. The predicted octanol–water partition coefficient (Wildman–Crippen LogP) is 2.27. The van der Waals surface area contributed by atoms with Gasteiger partial charge in [0.05, 0.1) is 12.7 Å². The predicted molar refractivity (Wildman–Crippen MR) is 72.3 cm³/mol. The van der Waals surface area contributed by atoms with Gasteiger partial charge in [0.1, 0.15) is 0 Å². The maximum Gasteiger partial charge on any atom is 0.150 e. The smallest absolute Gasteiger partial charge is 0.150 e. The van der Waals surface area contributed by atoms with E-state index in [1.807, 2.05) is 6.07 Å². The molecule has 1 atom stereocenters. The number of hydrogen-bond acceptors (Lipinski definition) is 4. The second-order valence-corrected chi connectivity index (χ2v) is 6.35. The molecule has 0 aliphatic carbocycles. The van der Waals surface area contributed by atoms with Gasteiger partial charge in [-0.15, -0.1) is 0 Å². The minimum atomic E-state index is 0.215. The van der Waals surface area contributed by atoms with Crippen LogP contribution < -0.4 is 5.32 Å². The molecule has 0 saturated carbocycles. The summed E-state index contributed by atoms with van der Waals surface area (Å²) in [7, 11) is 0. The topological polar surface area (TPSA) is 41.3 Å². The van der Waals surface area contributed by atoms with E-state index in [1.54, 1.807) is 6.20 Å². The molecule has 2 heterocycles. The molecule has 1 aromatic heterocycles. The molecule has 0 aromatic carbocycles. The molecule has 102 valence electrons. The molecule has 0 radical (unpaired) electrons. The Morgan fingerprint density at radius 2 is 2.33 bits per heavy atom. The number of rotatable bonds is 4. The van der Waals surface area contributed by atoms with Crippen LogP contribution in [-0.2, 0) is 6.54 Å². The maximum atomic E-state index is 5.18. The van der Waals surface area contributed by atoms with Gasteiger partial charge in [-0.25, -0.2) is 0 Å². The van der Waals surface area contributed by atoms with Gasteiger partial charge in [0.2, 0.25) is 0 Å². The third-order valence-corrected chi connectivity index (χ3v) is 3.39. The molecule has 2 rings (SSSR count). The third-order valence-electron chi connectivity index (χ3n) is 3.39. The number of nitrogens with one attached hydrogen (secondary N) is 1. The van der Waals surface area contributed by atoms with Gasteiger partial charge in [-0.05, 0) is 52.6 Å². The molecule has 0 bridgehead atoms. The van der Waals surface area contributed by atoms with Gasteiger partial charge >= 0.3 is 0 Å². The summed E-state index contributed by atoms with van der Waals surface area (Å²) >= 11 is 0.